The van der Waals surface area contributed by atoms with Gasteiger partial charge >= 0.3 is 0 Å². The first-order valence-electron chi connectivity index (χ1n) is 7.79. The molecule has 0 saturated heterocycles. The molecule has 126 valence electrons. The number of nitrogens with zero attached hydrogens (tertiary/aromatic N) is 1. The Morgan fingerprint density at radius 3 is 1.96 bits per heavy atom. The van der Waals surface area contributed by atoms with Gasteiger partial charge in [0.05, 0.1) is 4.90 Å². The molecule has 2 N–H and O–H groups in total. The molecule has 0 aliphatic carbocycles. The van der Waals surface area contributed by atoms with Crippen LogP contribution in [-0.4, -0.2) is 14.3 Å². The summed E-state index contributed by atoms with van der Waals surface area (Å²) in [5.41, 5.74) is 9.56. The molecule has 0 amide bonds. The zero-order chi connectivity index (χ0) is 17.9. The van der Waals surface area contributed by atoms with E-state index in [0.29, 0.717) is 5.56 Å². The van der Waals surface area contributed by atoms with Crippen LogP contribution >= 0.6 is 0 Å². The highest BCUT2D eigenvalue weighted by Gasteiger charge is 2.14. The zero-order valence-electron chi connectivity index (χ0n) is 13.8. The Labute approximate surface area is 147 Å². The molecule has 25 heavy (non-hydrogen) atoms. The lowest BCUT2D eigenvalue weighted by molar-refractivity contribution is 0.598. The van der Waals surface area contributed by atoms with Gasteiger partial charge in [-0.2, -0.15) is 8.42 Å². The molecule has 0 heterocycles. The lowest BCUT2D eigenvalue weighted by Crippen LogP contribution is -2.16. The lowest BCUT2D eigenvalue weighted by atomic mass is 10.0. The summed E-state index contributed by atoms with van der Waals surface area (Å²) in [4.78, 5) is 0.127. The Hall–Kier alpha value is -2.92. The maximum Gasteiger partial charge on any atom is 0.284 e. The van der Waals surface area contributed by atoms with Crippen LogP contribution in [0.4, 0.5) is 0 Å². The smallest absolute Gasteiger partial charge is 0.284 e. The van der Waals surface area contributed by atoms with E-state index < -0.39 is 10.0 Å². The Morgan fingerprint density at radius 1 is 0.800 bits per heavy atom. The third-order valence-corrected chi connectivity index (χ3v) is 5.13. The second-order valence-electron chi connectivity index (χ2n) is 5.71. The van der Waals surface area contributed by atoms with Gasteiger partial charge in [-0.15, -0.1) is 4.40 Å². The van der Waals surface area contributed by atoms with Gasteiger partial charge in [0.25, 0.3) is 10.0 Å². The molecule has 0 aromatic heterocycles. The van der Waals surface area contributed by atoms with Crippen LogP contribution in [0.2, 0.25) is 0 Å². The van der Waals surface area contributed by atoms with Gasteiger partial charge in [0.2, 0.25) is 0 Å². The molecule has 0 fully saturated rings. The fraction of sp³-hybridized carbons (Fsp3) is 0.0500. The van der Waals surface area contributed by atoms with Gasteiger partial charge in [0.15, 0.2) is 0 Å². The molecule has 0 unspecified atom stereocenters. The Kier molecular flexibility index (Phi) is 4.67. The van der Waals surface area contributed by atoms with E-state index in [-0.39, 0.29) is 10.7 Å². The number of sulfonamides is 1. The van der Waals surface area contributed by atoms with Crippen molar-refractivity contribution in [2.45, 2.75) is 11.8 Å². The molecule has 0 aliphatic heterocycles. The summed E-state index contributed by atoms with van der Waals surface area (Å²) in [6.07, 6.45) is 0. The topological polar surface area (TPSA) is 72.5 Å². The molecule has 0 bridgehead atoms. The van der Waals surface area contributed by atoms with E-state index >= 15 is 0 Å². The average molecular weight is 350 g/mol. The van der Waals surface area contributed by atoms with E-state index in [4.69, 9.17) is 5.73 Å². The van der Waals surface area contributed by atoms with E-state index in [1.165, 1.54) is 12.1 Å². The van der Waals surface area contributed by atoms with E-state index in [0.717, 1.165) is 16.7 Å². The Morgan fingerprint density at radius 2 is 1.36 bits per heavy atom. The van der Waals surface area contributed by atoms with E-state index in [9.17, 15) is 8.42 Å². The van der Waals surface area contributed by atoms with Crippen LogP contribution in [-0.2, 0) is 10.0 Å². The largest absolute Gasteiger partial charge is 0.383 e. The Balaban J connectivity index is 1.88. The number of hydrogen-bond acceptors (Lipinski definition) is 2. The van der Waals surface area contributed by atoms with Gasteiger partial charge in [0, 0.05) is 5.56 Å². The minimum atomic E-state index is -3.82. The standard InChI is InChI=1S/C20H18N2O2S/c1-15-7-13-19(14-8-15)25(23,24)22-20(21)18-11-9-17(10-12-18)16-5-3-2-4-6-16/h2-14H,1H3,(H2,21,22). The van der Waals surface area contributed by atoms with Crippen molar-refractivity contribution in [3.63, 3.8) is 0 Å². The minimum Gasteiger partial charge on any atom is -0.383 e. The second kappa shape index (κ2) is 6.91. The summed E-state index contributed by atoms with van der Waals surface area (Å²) >= 11 is 0. The maximum absolute atomic E-state index is 12.3. The van der Waals surface area contributed by atoms with Crippen molar-refractivity contribution >= 4 is 15.9 Å². The van der Waals surface area contributed by atoms with Crippen molar-refractivity contribution < 1.29 is 8.42 Å². The molecular formula is C20H18N2O2S. The molecule has 4 nitrogen and oxygen atoms in total. The molecule has 0 aliphatic rings. The van der Waals surface area contributed by atoms with Crippen LogP contribution < -0.4 is 5.73 Å². The maximum atomic E-state index is 12.3. The fourth-order valence-corrected chi connectivity index (χ4v) is 3.36. The third-order valence-electron chi connectivity index (χ3n) is 3.83. The van der Waals surface area contributed by atoms with Crippen molar-refractivity contribution in [1.29, 1.82) is 0 Å². The lowest BCUT2D eigenvalue weighted by Gasteiger charge is -2.05. The van der Waals surface area contributed by atoms with Crippen LogP contribution in [0.1, 0.15) is 11.1 Å². The molecule has 0 atom stereocenters. The van der Waals surface area contributed by atoms with Crippen LogP contribution in [0.5, 0.6) is 0 Å². The molecule has 3 aromatic rings. The summed E-state index contributed by atoms with van der Waals surface area (Å²) in [6.45, 7) is 1.89. The number of rotatable bonds is 4. The monoisotopic (exact) mass is 350 g/mol. The predicted molar refractivity (Wildman–Crippen MR) is 101 cm³/mol. The van der Waals surface area contributed by atoms with Crippen LogP contribution in [0, 0.1) is 6.92 Å². The number of amidine groups is 1. The van der Waals surface area contributed by atoms with Crippen LogP contribution in [0.15, 0.2) is 88.2 Å². The molecule has 3 aromatic carbocycles. The van der Waals surface area contributed by atoms with Crippen LogP contribution in [0.3, 0.4) is 0 Å². The van der Waals surface area contributed by atoms with E-state index in [1.807, 2.05) is 49.4 Å². The highest BCUT2D eigenvalue weighted by molar-refractivity contribution is 7.90. The summed E-state index contributed by atoms with van der Waals surface area (Å²) in [6, 6.07) is 23.7. The molecular weight excluding hydrogens is 332 g/mol. The highest BCUT2D eigenvalue weighted by Crippen LogP contribution is 2.20. The SMILES string of the molecule is Cc1ccc(S(=O)(=O)N=C(N)c2ccc(-c3ccccc3)cc2)cc1. The Bertz CT molecular complexity index is 992. The molecule has 0 spiro atoms. The molecule has 0 saturated carbocycles. The molecule has 3 rings (SSSR count). The van der Waals surface area contributed by atoms with Crippen molar-refractivity contribution in [3.05, 3.63) is 90.0 Å². The number of nitrogens with two attached hydrogens (primary N) is 1. The van der Waals surface area contributed by atoms with Gasteiger partial charge < -0.3 is 5.73 Å². The average Bonchev–Trinajstić information content (AvgIpc) is 2.62. The molecule has 5 heteroatoms. The summed E-state index contributed by atoms with van der Waals surface area (Å²) in [5, 5.41) is 0. The van der Waals surface area contributed by atoms with Crippen molar-refractivity contribution in [1.82, 2.24) is 0 Å². The van der Waals surface area contributed by atoms with Crippen molar-refractivity contribution in [3.8, 4) is 11.1 Å². The summed E-state index contributed by atoms with van der Waals surface area (Å²) < 4.78 is 28.4. The first-order valence-corrected chi connectivity index (χ1v) is 9.23. The van der Waals surface area contributed by atoms with Gasteiger partial charge in [-0.1, -0.05) is 72.3 Å². The summed E-state index contributed by atoms with van der Waals surface area (Å²) in [5.74, 6) is -0.0276. The van der Waals surface area contributed by atoms with E-state index in [2.05, 4.69) is 4.40 Å². The number of benzene rings is 3. The second-order valence-corrected chi connectivity index (χ2v) is 7.31. The quantitative estimate of drug-likeness (QED) is 0.575. The predicted octanol–water partition coefficient (Wildman–Crippen LogP) is 3.76. The number of aryl methyl sites for hydroxylation is 1. The van der Waals surface area contributed by atoms with Crippen molar-refractivity contribution in [2.75, 3.05) is 0 Å². The minimum absolute atomic E-state index is 0.0276. The van der Waals surface area contributed by atoms with Gasteiger partial charge in [-0.3, -0.25) is 0 Å². The normalized spacial score (nSPS) is 12.1. The third kappa shape index (κ3) is 3.95. The summed E-state index contributed by atoms with van der Waals surface area (Å²) in [7, 11) is -3.82. The van der Waals surface area contributed by atoms with Gasteiger partial charge in [-0.05, 0) is 30.2 Å². The zero-order valence-corrected chi connectivity index (χ0v) is 14.6. The number of hydrogen-bond donors (Lipinski definition) is 1. The van der Waals surface area contributed by atoms with Crippen LogP contribution in [0.25, 0.3) is 11.1 Å². The van der Waals surface area contributed by atoms with E-state index in [1.54, 1.807) is 24.3 Å². The van der Waals surface area contributed by atoms with Crippen molar-refractivity contribution in [2.24, 2.45) is 10.1 Å². The fourth-order valence-electron chi connectivity index (χ4n) is 2.41. The van der Waals surface area contributed by atoms with Gasteiger partial charge in [-0.25, -0.2) is 0 Å². The molecule has 0 radical (unpaired) electrons. The van der Waals surface area contributed by atoms with Gasteiger partial charge in [0.1, 0.15) is 5.84 Å². The first-order chi connectivity index (χ1) is 12.0. The first kappa shape index (κ1) is 16.9. The highest BCUT2D eigenvalue weighted by atomic mass is 32.2.